The molecule has 5 N–H and O–H groups in total. The predicted molar refractivity (Wildman–Crippen MR) is 84.5 cm³/mol. The zero-order valence-corrected chi connectivity index (χ0v) is 14.9. The molecule has 0 aromatic carbocycles. The van der Waals surface area contributed by atoms with Crippen molar-refractivity contribution in [1.82, 2.24) is 10.6 Å². The van der Waals surface area contributed by atoms with Gasteiger partial charge < -0.3 is 35.4 Å². The molecular formula is C15H24N2O9. The third kappa shape index (κ3) is 5.38. The van der Waals surface area contributed by atoms with E-state index in [0.29, 0.717) is 0 Å². The molecule has 0 aliphatic carbocycles. The summed E-state index contributed by atoms with van der Waals surface area (Å²) >= 11 is 0. The van der Waals surface area contributed by atoms with Gasteiger partial charge in [-0.25, -0.2) is 4.79 Å². The summed E-state index contributed by atoms with van der Waals surface area (Å²) in [7, 11) is 0. The molecule has 1 fully saturated rings. The first-order valence-electron chi connectivity index (χ1n) is 7.90. The number of rotatable bonds is 6. The van der Waals surface area contributed by atoms with E-state index in [-0.39, 0.29) is 0 Å². The number of carboxylic acid groups (broad SMARTS) is 1. The number of aliphatic carboxylic acids is 1. The van der Waals surface area contributed by atoms with Crippen molar-refractivity contribution >= 4 is 23.8 Å². The van der Waals surface area contributed by atoms with Crippen LogP contribution < -0.4 is 10.6 Å². The minimum atomic E-state index is -2.74. The standard InChI is InChI=1S/C15H24N2O9/c1-6(25-9(4)20)11(16-7(2)18)13-12(17-8(3)19)10(21)5-15(24,26-13)14(22)23/h6,10-13,21,24H,5H2,1-4H3,(H,16,18)(H,17,19)(H,22,23)/t6-,10-,11+,12+,13-,15-/m0/s1. The molecular weight excluding hydrogens is 352 g/mol. The van der Waals surface area contributed by atoms with Gasteiger partial charge in [0.1, 0.15) is 12.2 Å². The van der Waals surface area contributed by atoms with E-state index in [9.17, 15) is 34.5 Å². The van der Waals surface area contributed by atoms with Gasteiger partial charge in [0.15, 0.2) is 0 Å². The summed E-state index contributed by atoms with van der Waals surface area (Å²) in [6.45, 7) is 4.89. The van der Waals surface area contributed by atoms with Crippen LogP contribution in [0.5, 0.6) is 0 Å². The van der Waals surface area contributed by atoms with Gasteiger partial charge in [0, 0.05) is 27.2 Å². The summed E-state index contributed by atoms with van der Waals surface area (Å²) in [6, 6.07) is -2.32. The van der Waals surface area contributed by atoms with E-state index in [0.717, 1.165) is 6.92 Å². The Balaban J connectivity index is 3.30. The maximum Gasteiger partial charge on any atom is 0.364 e. The van der Waals surface area contributed by atoms with Crippen LogP contribution in [0.2, 0.25) is 0 Å². The van der Waals surface area contributed by atoms with Gasteiger partial charge in [-0.1, -0.05) is 0 Å². The Morgan fingerprint density at radius 1 is 1.19 bits per heavy atom. The second kappa shape index (κ2) is 8.43. The molecule has 148 valence electrons. The largest absolute Gasteiger partial charge is 0.477 e. The van der Waals surface area contributed by atoms with Crippen molar-refractivity contribution in [2.45, 2.75) is 70.3 Å². The molecule has 0 spiro atoms. The van der Waals surface area contributed by atoms with E-state index in [1.807, 2.05) is 0 Å². The smallest absolute Gasteiger partial charge is 0.364 e. The zero-order valence-electron chi connectivity index (χ0n) is 14.9. The quantitative estimate of drug-likeness (QED) is 0.325. The summed E-state index contributed by atoms with van der Waals surface area (Å²) in [5.41, 5.74) is 0. The monoisotopic (exact) mass is 376 g/mol. The number of aliphatic hydroxyl groups is 2. The van der Waals surface area contributed by atoms with Crippen LogP contribution in [0, 0.1) is 0 Å². The number of nitrogens with one attached hydrogen (secondary N) is 2. The third-order valence-corrected chi connectivity index (χ3v) is 3.87. The maximum atomic E-state index is 11.6. The van der Waals surface area contributed by atoms with Crippen LogP contribution in [0.1, 0.15) is 34.1 Å². The van der Waals surface area contributed by atoms with Gasteiger partial charge in [0.2, 0.25) is 11.8 Å². The van der Waals surface area contributed by atoms with E-state index in [2.05, 4.69) is 10.6 Å². The van der Waals surface area contributed by atoms with Crippen LogP contribution in [-0.4, -0.2) is 75.3 Å². The molecule has 0 unspecified atom stereocenters. The first kappa shape index (κ1) is 21.8. The lowest BCUT2D eigenvalue weighted by Crippen LogP contribution is -2.69. The van der Waals surface area contributed by atoms with Crippen LogP contribution in [-0.2, 0) is 28.7 Å². The SMILES string of the molecule is CC(=O)N[C@@H]([C@@H]1O[C@](O)(C(=O)O)C[C@H](O)[C@H]1NC(C)=O)[C@H](C)OC(C)=O. The Morgan fingerprint density at radius 2 is 1.77 bits per heavy atom. The Kier molecular flexibility index (Phi) is 7.07. The molecule has 0 radical (unpaired) electrons. The molecule has 0 bridgehead atoms. The van der Waals surface area contributed by atoms with Crippen molar-refractivity contribution in [2.24, 2.45) is 0 Å². The number of carbonyl (C=O) groups is 4. The molecule has 0 saturated carbocycles. The van der Waals surface area contributed by atoms with Gasteiger partial charge in [-0.15, -0.1) is 0 Å². The molecule has 11 heteroatoms. The second-order valence-electron chi connectivity index (χ2n) is 6.21. The van der Waals surface area contributed by atoms with Crippen molar-refractivity contribution in [3.05, 3.63) is 0 Å². The summed E-state index contributed by atoms with van der Waals surface area (Å²) in [5.74, 6) is -6.27. The number of hydrogen-bond acceptors (Lipinski definition) is 8. The summed E-state index contributed by atoms with van der Waals surface area (Å²) < 4.78 is 10.3. The highest BCUT2D eigenvalue weighted by atomic mass is 16.7. The molecule has 1 saturated heterocycles. The van der Waals surface area contributed by atoms with Gasteiger partial charge in [-0.3, -0.25) is 14.4 Å². The van der Waals surface area contributed by atoms with Gasteiger partial charge in [0.25, 0.3) is 5.79 Å². The van der Waals surface area contributed by atoms with Crippen molar-refractivity contribution in [1.29, 1.82) is 0 Å². The van der Waals surface area contributed by atoms with E-state index < -0.39 is 66.4 Å². The van der Waals surface area contributed by atoms with Crippen molar-refractivity contribution in [3.63, 3.8) is 0 Å². The fraction of sp³-hybridized carbons (Fsp3) is 0.733. The normalized spacial score (nSPS) is 30.6. The van der Waals surface area contributed by atoms with E-state index in [4.69, 9.17) is 9.47 Å². The minimum absolute atomic E-state index is 0.551. The van der Waals surface area contributed by atoms with Crippen molar-refractivity contribution in [2.75, 3.05) is 0 Å². The summed E-state index contributed by atoms with van der Waals surface area (Å²) in [5, 5.41) is 34.5. The fourth-order valence-corrected chi connectivity index (χ4v) is 2.86. The first-order chi connectivity index (χ1) is 11.9. The number of carbonyl (C=O) groups excluding carboxylic acids is 3. The number of amides is 2. The maximum absolute atomic E-state index is 11.6. The summed E-state index contributed by atoms with van der Waals surface area (Å²) in [4.78, 5) is 45.6. The van der Waals surface area contributed by atoms with Crippen LogP contribution in [0.3, 0.4) is 0 Å². The molecule has 26 heavy (non-hydrogen) atoms. The van der Waals surface area contributed by atoms with E-state index in [1.54, 1.807) is 0 Å². The molecule has 2 amide bonds. The Labute approximate surface area is 149 Å². The first-order valence-corrected chi connectivity index (χ1v) is 7.90. The topological polar surface area (TPSA) is 171 Å². The molecule has 0 aromatic rings. The predicted octanol–water partition coefficient (Wildman–Crippen LogP) is -2.13. The molecule has 1 aliphatic rings. The average molecular weight is 376 g/mol. The average Bonchev–Trinajstić information content (AvgIpc) is 2.46. The van der Waals surface area contributed by atoms with Gasteiger partial charge in [0.05, 0.1) is 18.2 Å². The Morgan fingerprint density at radius 3 is 2.19 bits per heavy atom. The van der Waals surface area contributed by atoms with Gasteiger partial charge >= 0.3 is 11.9 Å². The van der Waals surface area contributed by atoms with E-state index in [1.165, 1.54) is 20.8 Å². The van der Waals surface area contributed by atoms with Gasteiger partial charge in [-0.05, 0) is 6.92 Å². The Hall–Kier alpha value is -2.24. The number of aliphatic hydroxyl groups excluding tert-OH is 1. The molecule has 1 heterocycles. The molecule has 1 aliphatic heterocycles. The van der Waals surface area contributed by atoms with Crippen LogP contribution in [0.4, 0.5) is 0 Å². The molecule has 0 aromatic heterocycles. The second-order valence-corrected chi connectivity index (χ2v) is 6.21. The van der Waals surface area contributed by atoms with Crippen LogP contribution in [0.25, 0.3) is 0 Å². The number of esters is 1. The summed E-state index contributed by atoms with van der Waals surface area (Å²) in [6.07, 6.45) is -4.62. The van der Waals surface area contributed by atoms with Crippen molar-refractivity contribution in [3.8, 4) is 0 Å². The fourth-order valence-electron chi connectivity index (χ4n) is 2.86. The highest BCUT2D eigenvalue weighted by molar-refractivity contribution is 5.76. The lowest BCUT2D eigenvalue weighted by molar-refractivity contribution is -0.283. The highest BCUT2D eigenvalue weighted by Crippen LogP contribution is 2.31. The lowest BCUT2D eigenvalue weighted by atomic mass is 9.87. The Bertz CT molecular complexity index is 581. The number of ether oxygens (including phenoxy) is 2. The zero-order chi connectivity index (χ0) is 20.2. The molecule has 1 rings (SSSR count). The minimum Gasteiger partial charge on any atom is -0.477 e. The highest BCUT2D eigenvalue weighted by Gasteiger charge is 2.54. The molecule has 6 atom stereocenters. The third-order valence-electron chi connectivity index (χ3n) is 3.87. The molecule has 11 nitrogen and oxygen atoms in total. The number of carboxylic acids is 1. The van der Waals surface area contributed by atoms with Crippen molar-refractivity contribution < 1.29 is 44.0 Å². The van der Waals surface area contributed by atoms with Crippen LogP contribution in [0.15, 0.2) is 0 Å². The van der Waals surface area contributed by atoms with Crippen LogP contribution >= 0.6 is 0 Å². The van der Waals surface area contributed by atoms with E-state index >= 15 is 0 Å². The van der Waals surface area contributed by atoms with Gasteiger partial charge in [-0.2, -0.15) is 0 Å². The number of hydrogen-bond donors (Lipinski definition) is 5. The lowest BCUT2D eigenvalue weighted by Gasteiger charge is -2.46.